The van der Waals surface area contributed by atoms with E-state index < -0.39 is 0 Å². The zero-order valence-corrected chi connectivity index (χ0v) is 17.5. The SMILES string of the molecule is CCC(C)NC(=O)c1nc(C(=O)NCCc2cccc(OC)c2)c2n1CCCC2. The molecule has 29 heavy (non-hydrogen) atoms. The Labute approximate surface area is 171 Å². The van der Waals surface area contributed by atoms with E-state index in [0.29, 0.717) is 24.5 Å². The first-order valence-corrected chi connectivity index (χ1v) is 10.3. The van der Waals surface area contributed by atoms with Crippen LogP contribution in [-0.4, -0.2) is 41.1 Å². The van der Waals surface area contributed by atoms with E-state index >= 15 is 0 Å². The first-order chi connectivity index (χ1) is 14.0. The molecule has 2 amide bonds. The van der Waals surface area contributed by atoms with Crippen LogP contribution < -0.4 is 15.4 Å². The predicted molar refractivity (Wildman–Crippen MR) is 111 cm³/mol. The molecule has 0 spiro atoms. The average Bonchev–Trinajstić information content (AvgIpc) is 3.13. The molecule has 7 heteroatoms. The minimum absolute atomic E-state index is 0.0687. The van der Waals surface area contributed by atoms with Gasteiger partial charge in [-0.2, -0.15) is 0 Å². The second kappa shape index (κ2) is 9.58. The normalized spacial score (nSPS) is 14.0. The monoisotopic (exact) mass is 398 g/mol. The molecule has 1 unspecified atom stereocenters. The van der Waals surface area contributed by atoms with Crippen molar-refractivity contribution in [1.82, 2.24) is 20.2 Å². The van der Waals surface area contributed by atoms with Crippen LogP contribution in [0.25, 0.3) is 0 Å². The van der Waals surface area contributed by atoms with Gasteiger partial charge in [-0.25, -0.2) is 4.98 Å². The van der Waals surface area contributed by atoms with Crippen molar-refractivity contribution in [3.05, 3.63) is 47.0 Å². The van der Waals surface area contributed by atoms with Gasteiger partial charge in [0.05, 0.1) is 12.8 Å². The summed E-state index contributed by atoms with van der Waals surface area (Å²) < 4.78 is 7.15. The van der Waals surface area contributed by atoms with E-state index in [1.54, 1.807) is 7.11 Å². The zero-order valence-electron chi connectivity index (χ0n) is 17.5. The molecule has 0 fully saturated rings. The molecule has 0 bridgehead atoms. The number of carbonyl (C=O) groups excluding carboxylic acids is 2. The van der Waals surface area contributed by atoms with Crippen LogP contribution in [0.1, 0.15) is 65.5 Å². The van der Waals surface area contributed by atoms with Crippen molar-refractivity contribution >= 4 is 11.8 Å². The third-order valence-corrected chi connectivity index (χ3v) is 5.36. The summed E-state index contributed by atoms with van der Waals surface area (Å²) >= 11 is 0. The van der Waals surface area contributed by atoms with Gasteiger partial charge in [0.1, 0.15) is 11.4 Å². The summed E-state index contributed by atoms with van der Waals surface area (Å²) in [4.78, 5) is 29.9. The van der Waals surface area contributed by atoms with Crippen LogP contribution in [0.5, 0.6) is 5.75 Å². The van der Waals surface area contributed by atoms with Gasteiger partial charge in [0.25, 0.3) is 11.8 Å². The number of amides is 2. The summed E-state index contributed by atoms with van der Waals surface area (Å²) in [6, 6.07) is 7.86. The number of benzene rings is 1. The quantitative estimate of drug-likeness (QED) is 0.716. The highest BCUT2D eigenvalue weighted by atomic mass is 16.5. The number of fused-ring (bicyclic) bond motifs is 1. The molecular weight excluding hydrogens is 368 g/mol. The highest BCUT2D eigenvalue weighted by Gasteiger charge is 2.27. The lowest BCUT2D eigenvalue weighted by Crippen LogP contribution is -2.34. The van der Waals surface area contributed by atoms with Crippen LogP contribution in [0.4, 0.5) is 0 Å². The summed E-state index contributed by atoms with van der Waals surface area (Å²) in [5.41, 5.74) is 2.33. The number of nitrogens with zero attached hydrogens (tertiary/aromatic N) is 2. The van der Waals surface area contributed by atoms with E-state index in [-0.39, 0.29) is 17.9 Å². The maximum atomic E-state index is 12.8. The Hall–Kier alpha value is -2.83. The molecule has 0 saturated carbocycles. The third kappa shape index (κ3) is 4.96. The van der Waals surface area contributed by atoms with Gasteiger partial charge in [0, 0.05) is 19.1 Å². The molecule has 0 aliphatic carbocycles. The van der Waals surface area contributed by atoms with E-state index in [1.807, 2.05) is 42.7 Å². The van der Waals surface area contributed by atoms with Gasteiger partial charge in [0.2, 0.25) is 0 Å². The molecule has 156 valence electrons. The maximum absolute atomic E-state index is 12.8. The molecule has 1 aromatic carbocycles. The van der Waals surface area contributed by atoms with Crippen LogP contribution in [0.2, 0.25) is 0 Å². The van der Waals surface area contributed by atoms with Crippen molar-refractivity contribution in [1.29, 1.82) is 0 Å². The fourth-order valence-electron chi connectivity index (χ4n) is 3.52. The van der Waals surface area contributed by atoms with Crippen molar-refractivity contribution in [2.45, 2.75) is 58.5 Å². The van der Waals surface area contributed by atoms with Crippen LogP contribution in [0.3, 0.4) is 0 Å². The molecule has 7 nitrogen and oxygen atoms in total. The zero-order chi connectivity index (χ0) is 20.8. The van der Waals surface area contributed by atoms with Gasteiger partial charge >= 0.3 is 0 Å². The van der Waals surface area contributed by atoms with E-state index in [9.17, 15) is 9.59 Å². The van der Waals surface area contributed by atoms with Gasteiger partial charge in [-0.15, -0.1) is 0 Å². The highest BCUT2D eigenvalue weighted by Crippen LogP contribution is 2.21. The summed E-state index contributed by atoms with van der Waals surface area (Å²) in [5.74, 6) is 0.714. The lowest BCUT2D eigenvalue weighted by molar-refractivity contribution is 0.0923. The Morgan fingerprint density at radius 3 is 2.86 bits per heavy atom. The van der Waals surface area contributed by atoms with Crippen LogP contribution >= 0.6 is 0 Å². The number of rotatable bonds is 8. The number of methoxy groups -OCH3 is 1. The lowest BCUT2D eigenvalue weighted by Gasteiger charge is -2.18. The van der Waals surface area contributed by atoms with Crippen molar-refractivity contribution in [2.75, 3.05) is 13.7 Å². The predicted octanol–water partition coefficient (Wildman–Crippen LogP) is 2.73. The van der Waals surface area contributed by atoms with E-state index in [0.717, 1.165) is 49.2 Å². The average molecular weight is 399 g/mol. The van der Waals surface area contributed by atoms with Crippen LogP contribution in [0, 0.1) is 0 Å². The fourth-order valence-corrected chi connectivity index (χ4v) is 3.52. The lowest BCUT2D eigenvalue weighted by atomic mass is 10.1. The number of imidazole rings is 1. The topological polar surface area (TPSA) is 85.2 Å². The molecule has 2 aromatic rings. The Balaban J connectivity index is 1.70. The summed E-state index contributed by atoms with van der Waals surface area (Å²) in [7, 11) is 1.64. The van der Waals surface area contributed by atoms with Gasteiger partial charge in [-0.3, -0.25) is 9.59 Å². The van der Waals surface area contributed by atoms with Crippen molar-refractivity contribution < 1.29 is 14.3 Å². The van der Waals surface area contributed by atoms with Gasteiger partial charge in [0.15, 0.2) is 5.82 Å². The molecule has 1 aliphatic heterocycles. The van der Waals surface area contributed by atoms with Crippen molar-refractivity contribution in [3.63, 3.8) is 0 Å². The molecular formula is C22H30N4O3. The highest BCUT2D eigenvalue weighted by molar-refractivity contribution is 5.97. The number of aromatic nitrogens is 2. The van der Waals surface area contributed by atoms with Crippen LogP contribution in [0.15, 0.2) is 24.3 Å². The van der Waals surface area contributed by atoms with E-state index in [2.05, 4.69) is 15.6 Å². The minimum atomic E-state index is -0.221. The molecule has 1 aromatic heterocycles. The number of carbonyl (C=O) groups is 2. The maximum Gasteiger partial charge on any atom is 0.287 e. The summed E-state index contributed by atoms with van der Waals surface area (Å²) in [6.45, 7) is 5.20. The molecule has 0 radical (unpaired) electrons. The number of hydrogen-bond acceptors (Lipinski definition) is 4. The Bertz CT molecular complexity index is 875. The molecule has 3 rings (SSSR count). The third-order valence-electron chi connectivity index (χ3n) is 5.36. The standard InChI is InChI=1S/C22H30N4O3/c1-4-15(2)24-22(28)20-25-19(18-10-5-6-13-26(18)20)21(27)23-12-11-16-8-7-9-17(14-16)29-3/h7-9,14-15H,4-6,10-13H2,1-3H3,(H,23,27)(H,24,28). The van der Waals surface area contributed by atoms with Gasteiger partial charge < -0.3 is 19.9 Å². The van der Waals surface area contributed by atoms with E-state index in [4.69, 9.17) is 4.74 Å². The summed E-state index contributed by atoms with van der Waals surface area (Å²) in [6.07, 6.45) is 4.30. The van der Waals surface area contributed by atoms with Crippen molar-refractivity contribution in [3.8, 4) is 5.75 Å². The largest absolute Gasteiger partial charge is 0.497 e. The molecule has 1 aliphatic rings. The van der Waals surface area contributed by atoms with E-state index in [1.165, 1.54) is 0 Å². The van der Waals surface area contributed by atoms with Gasteiger partial charge in [-0.1, -0.05) is 19.1 Å². The number of nitrogens with one attached hydrogen (secondary N) is 2. The Morgan fingerprint density at radius 2 is 2.10 bits per heavy atom. The Morgan fingerprint density at radius 1 is 1.28 bits per heavy atom. The summed E-state index contributed by atoms with van der Waals surface area (Å²) in [5, 5.41) is 5.91. The second-order valence-electron chi connectivity index (χ2n) is 7.48. The van der Waals surface area contributed by atoms with Crippen LogP contribution in [-0.2, 0) is 19.4 Å². The first-order valence-electron chi connectivity index (χ1n) is 10.3. The smallest absolute Gasteiger partial charge is 0.287 e. The molecule has 1 atom stereocenters. The molecule has 2 N–H and O–H groups in total. The fraction of sp³-hybridized carbons (Fsp3) is 0.500. The Kier molecular flexibility index (Phi) is 6.90. The number of ether oxygens (including phenoxy) is 1. The minimum Gasteiger partial charge on any atom is -0.497 e. The van der Waals surface area contributed by atoms with Gasteiger partial charge in [-0.05, 0) is 56.7 Å². The van der Waals surface area contributed by atoms with Crippen molar-refractivity contribution in [2.24, 2.45) is 0 Å². The second-order valence-corrected chi connectivity index (χ2v) is 7.48. The number of hydrogen-bond donors (Lipinski definition) is 2. The molecule has 0 saturated heterocycles. The molecule has 2 heterocycles. The first kappa shape index (κ1) is 20.9.